The molecule has 4 rings (SSSR count). The lowest BCUT2D eigenvalue weighted by molar-refractivity contribution is -0.387. The first kappa shape index (κ1) is 26.3. The molecule has 1 fully saturated rings. The predicted octanol–water partition coefficient (Wildman–Crippen LogP) is 4.61. The molecule has 0 aromatic heterocycles. The average molecular weight is 528 g/mol. The van der Waals surface area contributed by atoms with Crippen LogP contribution in [0.15, 0.2) is 52.3 Å². The number of nitro groups is 1. The first-order valence-corrected chi connectivity index (χ1v) is 12.7. The maximum atomic E-state index is 12.7. The van der Waals surface area contributed by atoms with E-state index >= 15 is 0 Å². The van der Waals surface area contributed by atoms with Gasteiger partial charge >= 0.3 is 6.09 Å². The van der Waals surface area contributed by atoms with E-state index in [0.29, 0.717) is 61.4 Å². The third-order valence-electron chi connectivity index (χ3n) is 5.58. The van der Waals surface area contributed by atoms with E-state index in [1.165, 1.54) is 23.9 Å². The second-order valence-electron chi connectivity index (χ2n) is 9.52. The number of hydrogen-bond acceptors (Lipinski definition) is 8. The number of fused-ring (bicyclic) bond motifs is 1. The number of benzene rings is 2. The minimum Gasteiger partial charge on any atom is -0.486 e. The van der Waals surface area contributed by atoms with E-state index in [4.69, 9.17) is 14.2 Å². The van der Waals surface area contributed by atoms with Crippen LogP contribution < -0.4 is 9.47 Å². The molecule has 1 saturated heterocycles. The minimum absolute atomic E-state index is 0.0551. The van der Waals surface area contributed by atoms with E-state index in [2.05, 4.69) is 0 Å². The number of amides is 2. The molecule has 0 unspecified atom stereocenters. The third-order valence-corrected chi connectivity index (χ3v) is 6.64. The summed E-state index contributed by atoms with van der Waals surface area (Å²) in [5, 5.41) is 11.8. The highest BCUT2D eigenvalue weighted by molar-refractivity contribution is 7.99. The van der Waals surface area contributed by atoms with Gasteiger partial charge in [0.2, 0.25) is 5.91 Å². The summed E-state index contributed by atoms with van der Waals surface area (Å²) in [6.07, 6.45) is 2.57. The van der Waals surface area contributed by atoms with Crippen LogP contribution >= 0.6 is 11.8 Å². The zero-order valence-corrected chi connectivity index (χ0v) is 21.8. The monoisotopic (exact) mass is 527 g/mol. The maximum absolute atomic E-state index is 12.7. The van der Waals surface area contributed by atoms with Crippen molar-refractivity contribution in [1.82, 2.24) is 9.80 Å². The summed E-state index contributed by atoms with van der Waals surface area (Å²) in [4.78, 5) is 40.7. The molecule has 2 aromatic rings. The Hall–Kier alpha value is -3.73. The van der Waals surface area contributed by atoms with Crippen LogP contribution in [0.2, 0.25) is 0 Å². The third kappa shape index (κ3) is 6.94. The van der Waals surface area contributed by atoms with E-state index in [0.717, 1.165) is 4.90 Å². The molecule has 2 amide bonds. The van der Waals surface area contributed by atoms with E-state index in [9.17, 15) is 19.7 Å². The largest absolute Gasteiger partial charge is 0.486 e. The topological polar surface area (TPSA) is 111 Å². The fourth-order valence-corrected chi connectivity index (χ4v) is 4.72. The number of ether oxygens (including phenoxy) is 3. The van der Waals surface area contributed by atoms with Gasteiger partial charge in [-0.2, -0.15) is 0 Å². The Balaban J connectivity index is 1.38. The van der Waals surface area contributed by atoms with Crippen molar-refractivity contribution in [3.8, 4) is 11.5 Å². The van der Waals surface area contributed by atoms with Gasteiger partial charge in [-0.3, -0.25) is 14.9 Å². The number of carbonyl (C=O) groups is 2. The molecule has 196 valence electrons. The number of rotatable bonds is 5. The highest BCUT2D eigenvalue weighted by Gasteiger charge is 2.27. The van der Waals surface area contributed by atoms with Gasteiger partial charge in [-0.1, -0.05) is 17.8 Å². The van der Waals surface area contributed by atoms with E-state index in [-0.39, 0.29) is 11.6 Å². The van der Waals surface area contributed by atoms with Crippen LogP contribution in [0.4, 0.5) is 10.5 Å². The maximum Gasteiger partial charge on any atom is 0.410 e. The fraction of sp³-hybridized carbons (Fsp3) is 0.385. The Kier molecular flexibility index (Phi) is 7.91. The molecule has 2 heterocycles. The normalized spacial score (nSPS) is 15.5. The Morgan fingerprint density at radius 1 is 1.00 bits per heavy atom. The number of piperazine rings is 1. The van der Waals surface area contributed by atoms with Crippen molar-refractivity contribution in [2.45, 2.75) is 36.2 Å². The predicted molar refractivity (Wildman–Crippen MR) is 138 cm³/mol. The average Bonchev–Trinajstić information content (AvgIpc) is 2.86. The first-order valence-electron chi connectivity index (χ1n) is 11.9. The van der Waals surface area contributed by atoms with Gasteiger partial charge in [-0.15, -0.1) is 0 Å². The van der Waals surface area contributed by atoms with Gasteiger partial charge in [0.1, 0.15) is 18.8 Å². The van der Waals surface area contributed by atoms with Crippen LogP contribution in [0.3, 0.4) is 0 Å². The van der Waals surface area contributed by atoms with Gasteiger partial charge in [0.05, 0.1) is 9.82 Å². The molecule has 10 nitrogen and oxygen atoms in total. The molecule has 0 bridgehead atoms. The van der Waals surface area contributed by atoms with Crippen molar-refractivity contribution in [2.24, 2.45) is 0 Å². The molecule has 0 aliphatic carbocycles. The van der Waals surface area contributed by atoms with Crippen molar-refractivity contribution >= 4 is 35.5 Å². The van der Waals surface area contributed by atoms with E-state index in [1.54, 1.807) is 40.1 Å². The number of carbonyl (C=O) groups excluding carboxylic acids is 2. The van der Waals surface area contributed by atoms with E-state index < -0.39 is 16.6 Å². The van der Waals surface area contributed by atoms with Crippen LogP contribution in [-0.4, -0.2) is 71.7 Å². The summed E-state index contributed by atoms with van der Waals surface area (Å²) in [7, 11) is 0. The van der Waals surface area contributed by atoms with Crippen LogP contribution in [0.5, 0.6) is 11.5 Å². The molecule has 11 heteroatoms. The Labute approximate surface area is 219 Å². The molecule has 0 atom stereocenters. The Bertz CT molecular complexity index is 1220. The first-order chi connectivity index (χ1) is 17.6. The molecule has 0 spiro atoms. The van der Waals surface area contributed by atoms with Crippen LogP contribution in [0.1, 0.15) is 26.3 Å². The number of nitro benzene ring substituents is 1. The van der Waals surface area contributed by atoms with Gasteiger partial charge in [0.25, 0.3) is 5.69 Å². The summed E-state index contributed by atoms with van der Waals surface area (Å²) in [6, 6.07) is 10.3. The van der Waals surface area contributed by atoms with E-state index in [1.807, 2.05) is 26.8 Å². The van der Waals surface area contributed by atoms with Crippen molar-refractivity contribution in [1.29, 1.82) is 0 Å². The smallest absolute Gasteiger partial charge is 0.410 e. The lowest BCUT2D eigenvalue weighted by atomic mass is 10.2. The molecule has 0 saturated carbocycles. The fourth-order valence-electron chi connectivity index (χ4n) is 3.79. The van der Waals surface area contributed by atoms with Gasteiger partial charge in [0, 0.05) is 43.2 Å². The van der Waals surface area contributed by atoms with Crippen molar-refractivity contribution in [3.63, 3.8) is 0 Å². The summed E-state index contributed by atoms with van der Waals surface area (Å²) < 4.78 is 16.5. The quantitative estimate of drug-likeness (QED) is 0.315. The molecule has 0 radical (unpaired) electrons. The second-order valence-corrected chi connectivity index (χ2v) is 10.6. The van der Waals surface area contributed by atoms with Crippen LogP contribution in [0, 0.1) is 10.1 Å². The molecular formula is C26H29N3O7S. The lowest BCUT2D eigenvalue weighted by Crippen LogP contribution is -2.51. The SMILES string of the molecule is CC(C)(C)OC(=O)N1CCN(C(=O)C=Cc2ccc(Sc3ccc4c(c3)OCCO4)c([N+](=O)[O-])c2)CC1. The number of nitrogens with zero attached hydrogens (tertiary/aromatic N) is 3. The standard InChI is InChI=1S/C26H29N3O7S/c1-26(2,3)36-25(31)28-12-10-27(11-13-28)24(30)9-5-18-4-8-23(20(16-18)29(32)33)37-19-6-7-21-22(17-19)35-15-14-34-21/h4-9,16-17H,10-15H2,1-3H3. The highest BCUT2D eigenvalue weighted by atomic mass is 32.2. The Morgan fingerprint density at radius 2 is 1.68 bits per heavy atom. The minimum atomic E-state index is -0.576. The van der Waals surface area contributed by atoms with Gasteiger partial charge in [-0.05, 0) is 56.7 Å². The molecule has 37 heavy (non-hydrogen) atoms. The van der Waals surface area contributed by atoms with Crippen molar-refractivity contribution in [2.75, 3.05) is 39.4 Å². The van der Waals surface area contributed by atoms with Crippen LogP contribution in [0.25, 0.3) is 6.08 Å². The molecule has 2 aliphatic heterocycles. The van der Waals surface area contributed by atoms with Gasteiger partial charge in [0.15, 0.2) is 11.5 Å². The molecule has 2 aliphatic rings. The van der Waals surface area contributed by atoms with Gasteiger partial charge < -0.3 is 24.0 Å². The zero-order valence-electron chi connectivity index (χ0n) is 21.0. The highest BCUT2D eigenvalue weighted by Crippen LogP contribution is 2.40. The van der Waals surface area contributed by atoms with Gasteiger partial charge in [-0.25, -0.2) is 4.79 Å². The lowest BCUT2D eigenvalue weighted by Gasteiger charge is -2.35. The molecule has 2 aromatic carbocycles. The summed E-state index contributed by atoms with van der Waals surface area (Å²) in [5.74, 6) is 1.05. The zero-order chi connectivity index (χ0) is 26.6. The van der Waals surface area contributed by atoms with Crippen LogP contribution in [-0.2, 0) is 9.53 Å². The Morgan fingerprint density at radius 3 is 2.35 bits per heavy atom. The second kappa shape index (κ2) is 11.1. The summed E-state index contributed by atoms with van der Waals surface area (Å²) in [5.41, 5.74) is -0.0905. The molecular weight excluding hydrogens is 498 g/mol. The number of hydrogen-bond donors (Lipinski definition) is 0. The van der Waals surface area contributed by atoms with Crippen molar-refractivity contribution < 1.29 is 28.7 Å². The van der Waals surface area contributed by atoms with Crippen molar-refractivity contribution in [3.05, 3.63) is 58.2 Å². The summed E-state index contributed by atoms with van der Waals surface area (Å²) in [6.45, 7) is 7.90. The summed E-state index contributed by atoms with van der Waals surface area (Å²) >= 11 is 1.26. The molecule has 0 N–H and O–H groups in total.